The minimum atomic E-state index is 0.662. The zero-order valence-corrected chi connectivity index (χ0v) is 12.9. The van der Waals surface area contributed by atoms with Crippen molar-refractivity contribution < 1.29 is 4.74 Å². The van der Waals surface area contributed by atoms with Crippen molar-refractivity contribution in [3.63, 3.8) is 0 Å². The molecule has 1 fully saturated rings. The van der Waals surface area contributed by atoms with Gasteiger partial charge in [0.05, 0.1) is 7.11 Å². The first-order valence-corrected chi connectivity index (χ1v) is 7.52. The van der Waals surface area contributed by atoms with Crippen LogP contribution in [0.2, 0.25) is 0 Å². The molecule has 1 unspecified atom stereocenters. The molecule has 1 aromatic rings. The zero-order valence-electron chi connectivity index (χ0n) is 12.9. The third-order valence-electron chi connectivity index (χ3n) is 4.17. The van der Waals surface area contributed by atoms with E-state index in [1.807, 2.05) is 13.1 Å². The number of ether oxygens (including phenoxy) is 1. The Balaban J connectivity index is 1.87. The van der Waals surface area contributed by atoms with Crippen molar-refractivity contribution in [1.82, 2.24) is 10.2 Å². The Morgan fingerprint density at radius 2 is 2.00 bits per heavy atom. The van der Waals surface area contributed by atoms with E-state index in [0.717, 1.165) is 38.5 Å². The summed E-state index contributed by atoms with van der Waals surface area (Å²) in [4.78, 5) is 5.04. The molecule has 0 saturated carbocycles. The van der Waals surface area contributed by atoms with E-state index in [-0.39, 0.29) is 0 Å². The van der Waals surface area contributed by atoms with Gasteiger partial charge in [-0.15, -0.1) is 0 Å². The molecular formula is C16H27N3O. The molecule has 112 valence electrons. The summed E-state index contributed by atoms with van der Waals surface area (Å²) in [7, 11) is 3.74. The molecule has 1 aliphatic rings. The lowest BCUT2D eigenvalue weighted by Gasteiger charge is -2.39. The van der Waals surface area contributed by atoms with Crippen molar-refractivity contribution in [3.05, 3.63) is 24.3 Å². The average Bonchev–Trinajstić information content (AvgIpc) is 2.52. The summed E-state index contributed by atoms with van der Waals surface area (Å²) >= 11 is 0. The fourth-order valence-electron chi connectivity index (χ4n) is 2.76. The van der Waals surface area contributed by atoms with E-state index in [1.54, 1.807) is 7.11 Å². The molecule has 1 N–H and O–H groups in total. The van der Waals surface area contributed by atoms with Crippen molar-refractivity contribution in [1.29, 1.82) is 0 Å². The third kappa shape index (κ3) is 3.87. The van der Waals surface area contributed by atoms with Crippen LogP contribution >= 0.6 is 0 Å². The smallest absolute Gasteiger partial charge is 0.120 e. The van der Waals surface area contributed by atoms with Gasteiger partial charge in [0.15, 0.2) is 0 Å². The van der Waals surface area contributed by atoms with Crippen molar-refractivity contribution >= 4 is 5.69 Å². The Hall–Kier alpha value is -1.26. The van der Waals surface area contributed by atoms with Gasteiger partial charge in [0.1, 0.15) is 5.75 Å². The van der Waals surface area contributed by atoms with E-state index in [4.69, 9.17) is 4.74 Å². The Kier molecular flexibility index (Phi) is 5.68. The average molecular weight is 277 g/mol. The predicted molar refractivity (Wildman–Crippen MR) is 84.8 cm³/mol. The molecule has 2 rings (SSSR count). The Labute approximate surface area is 122 Å². The SMILES string of the molecule is CNCCC(C)N1CCN(c2cccc(OC)c2)CC1. The Morgan fingerprint density at radius 1 is 1.25 bits per heavy atom. The Bertz CT molecular complexity index is 402. The molecule has 0 bridgehead atoms. The number of piperazine rings is 1. The molecule has 1 saturated heterocycles. The highest BCUT2D eigenvalue weighted by atomic mass is 16.5. The summed E-state index contributed by atoms with van der Waals surface area (Å²) in [5, 5.41) is 3.23. The molecule has 1 aliphatic heterocycles. The van der Waals surface area contributed by atoms with Crippen LogP contribution in [-0.4, -0.2) is 57.8 Å². The molecule has 1 heterocycles. The zero-order chi connectivity index (χ0) is 14.4. The molecule has 0 aliphatic carbocycles. The van der Waals surface area contributed by atoms with E-state index in [0.29, 0.717) is 6.04 Å². The lowest BCUT2D eigenvalue weighted by Crippen LogP contribution is -2.50. The Morgan fingerprint density at radius 3 is 2.65 bits per heavy atom. The summed E-state index contributed by atoms with van der Waals surface area (Å²) in [6.45, 7) is 7.90. The van der Waals surface area contributed by atoms with Crippen LogP contribution in [0.5, 0.6) is 5.75 Å². The number of rotatable bonds is 6. The van der Waals surface area contributed by atoms with E-state index in [9.17, 15) is 0 Å². The molecule has 1 atom stereocenters. The van der Waals surface area contributed by atoms with Gasteiger partial charge >= 0.3 is 0 Å². The highest BCUT2D eigenvalue weighted by Gasteiger charge is 2.21. The number of hydrogen-bond donors (Lipinski definition) is 1. The maximum atomic E-state index is 5.31. The summed E-state index contributed by atoms with van der Waals surface area (Å²) in [6, 6.07) is 9.02. The first kappa shape index (κ1) is 15.1. The van der Waals surface area contributed by atoms with Gasteiger partial charge in [-0.05, 0) is 39.1 Å². The summed E-state index contributed by atoms with van der Waals surface area (Å²) < 4.78 is 5.31. The van der Waals surface area contributed by atoms with Gasteiger partial charge < -0.3 is 15.0 Å². The van der Waals surface area contributed by atoms with Crippen LogP contribution in [0.1, 0.15) is 13.3 Å². The van der Waals surface area contributed by atoms with Crippen LogP contribution in [0, 0.1) is 0 Å². The quantitative estimate of drug-likeness (QED) is 0.858. The number of anilines is 1. The van der Waals surface area contributed by atoms with Gasteiger partial charge in [-0.1, -0.05) is 6.07 Å². The van der Waals surface area contributed by atoms with E-state index < -0.39 is 0 Å². The van der Waals surface area contributed by atoms with Crippen molar-refractivity contribution in [2.45, 2.75) is 19.4 Å². The van der Waals surface area contributed by atoms with Crippen molar-refractivity contribution in [2.75, 3.05) is 51.8 Å². The monoisotopic (exact) mass is 277 g/mol. The summed E-state index contributed by atoms with van der Waals surface area (Å²) in [5.41, 5.74) is 1.27. The maximum absolute atomic E-state index is 5.31. The largest absolute Gasteiger partial charge is 0.497 e. The van der Waals surface area contributed by atoms with Gasteiger partial charge in [0.25, 0.3) is 0 Å². The number of nitrogens with zero attached hydrogens (tertiary/aromatic N) is 2. The molecular weight excluding hydrogens is 250 g/mol. The van der Waals surface area contributed by atoms with Crippen LogP contribution in [0.15, 0.2) is 24.3 Å². The predicted octanol–water partition coefficient (Wildman–Crippen LogP) is 1.82. The van der Waals surface area contributed by atoms with Gasteiger partial charge in [0.2, 0.25) is 0 Å². The molecule has 0 amide bonds. The standard InChI is InChI=1S/C16H27N3O/c1-14(7-8-17-2)18-9-11-19(12-10-18)15-5-4-6-16(13-15)20-3/h4-6,13-14,17H,7-12H2,1-3H3. The van der Waals surface area contributed by atoms with Crippen LogP contribution in [0.3, 0.4) is 0 Å². The summed E-state index contributed by atoms with van der Waals surface area (Å²) in [6.07, 6.45) is 1.22. The van der Waals surface area contributed by atoms with E-state index >= 15 is 0 Å². The topological polar surface area (TPSA) is 27.7 Å². The minimum absolute atomic E-state index is 0.662. The van der Waals surface area contributed by atoms with Gasteiger partial charge in [0, 0.05) is 44.0 Å². The van der Waals surface area contributed by atoms with Gasteiger partial charge in [-0.2, -0.15) is 0 Å². The molecule has 0 spiro atoms. The minimum Gasteiger partial charge on any atom is -0.497 e. The second-order valence-electron chi connectivity index (χ2n) is 5.47. The first-order chi connectivity index (χ1) is 9.74. The third-order valence-corrected chi connectivity index (χ3v) is 4.17. The molecule has 4 heteroatoms. The first-order valence-electron chi connectivity index (χ1n) is 7.52. The lowest BCUT2D eigenvalue weighted by atomic mass is 10.1. The lowest BCUT2D eigenvalue weighted by molar-refractivity contribution is 0.188. The molecule has 20 heavy (non-hydrogen) atoms. The maximum Gasteiger partial charge on any atom is 0.120 e. The highest BCUT2D eigenvalue weighted by Crippen LogP contribution is 2.22. The number of hydrogen-bond acceptors (Lipinski definition) is 4. The number of benzene rings is 1. The second-order valence-corrected chi connectivity index (χ2v) is 5.47. The van der Waals surface area contributed by atoms with Crippen LogP contribution in [0.4, 0.5) is 5.69 Å². The fourth-order valence-corrected chi connectivity index (χ4v) is 2.76. The van der Waals surface area contributed by atoms with Crippen molar-refractivity contribution in [3.8, 4) is 5.75 Å². The molecule has 0 aromatic heterocycles. The number of methoxy groups -OCH3 is 1. The van der Waals surface area contributed by atoms with Crippen molar-refractivity contribution in [2.24, 2.45) is 0 Å². The molecule has 0 radical (unpaired) electrons. The normalized spacial score (nSPS) is 18.1. The van der Waals surface area contributed by atoms with Gasteiger partial charge in [-0.25, -0.2) is 0 Å². The second kappa shape index (κ2) is 7.50. The van der Waals surface area contributed by atoms with E-state index in [1.165, 1.54) is 12.1 Å². The van der Waals surface area contributed by atoms with Gasteiger partial charge in [-0.3, -0.25) is 4.90 Å². The highest BCUT2D eigenvalue weighted by molar-refractivity contribution is 5.51. The summed E-state index contributed by atoms with van der Waals surface area (Å²) in [5.74, 6) is 0.937. The molecule has 4 nitrogen and oxygen atoms in total. The van der Waals surface area contributed by atoms with Crippen LogP contribution in [-0.2, 0) is 0 Å². The number of nitrogens with one attached hydrogen (secondary N) is 1. The molecule has 1 aromatic carbocycles. The van der Waals surface area contributed by atoms with E-state index in [2.05, 4.69) is 40.2 Å². The van der Waals surface area contributed by atoms with Crippen LogP contribution < -0.4 is 15.0 Å². The fraction of sp³-hybridized carbons (Fsp3) is 0.625. The van der Waals surface area contributed by atoms with Crippen LogP contribution in [0.25, 0.3) is 0 Å².